The zero-order valence-corrected chi connectivity index (χ0v) is 14.1. The summed E-state index contributed by atoms with van der Waals surface area (Å²) in [6.07, 6.45) is 1.66. The van der Waals surface area contributed by atoms with Crippen LogP contribution in [0.1, 0.15) is 46.0 Å². The van der Waals surface area contributed by atoms with Crippen molar-refractivity contribution < 1.29 is 32.2 Å². The van der Waals surface area contributed by atoms with Gasteiger partial charge < -0.3 is 9.47 Å². The van der Waals surface area contributed by atoms with Crippen LogP contribution in [0.25, 0.3) is 0 Å². The molecule has 0 radical (unpaired) electrons. The summed E-state index contributed by atoms with van der Waals surface area (Å²) in [5.74, 6) is -4.86. The lowest BCUT2D eigenvalue weighted by Crippen LogP contribution is -2.09. The first-order valence-corrected chi connectivity index (χ1v) is 8.00. The van der Waals surface area contributed by atoms with E-state index in [4.69, 9.17) is 9.47 Å². The second-order valence-electron chi connectivity index (χ2n) is 5.50. The minimum Gasteiger partial charge on any atom is -0.462 e. The molecule has 2 aromatic rings. The second kappa shape index (κ2) is 9.03. The summed E-state index contributed by atoms with van der Waals surface area (Å²) in [6, 6.07) is 6.55. The minimum atomic E-state index is -1.32. The molecule has 0 saturated heterocycles. The Morgan fingerprint density at radius 3 is 1.96 bits per heavy atom. The highest BCUT2D eigenvalue weighted by atomic mass is 19.2. The molecule has 138 valence electrons. The summed E-state index contributed by atoms with van der Waals surface area (Å²) in [7, 11) is 0. The number of benzene rings is 2. The highest BCUT2D eigenvalue weighted by molar-refractivity contribution is 5.93. The van der Waals surface area contributed by atoms with Gasteiger partial charge in [0.1, 0.15) is 12.4 Å². The maximum Gasteiger partial charge on any atom is 0.338 e. The van der Waals surface area contributed by atoms with Gasteiger partial charge in [-0.25, -0.2) is 22.8 Å². The molecule has 0 atom stereocenters. The van der Waals surface area contributed by atoms with E-state index < -0.39 is 36.0 Å². The maximum atomic E-state index is 13.5. The van der Waals surface area contributed by atoms with E-state index in [1.807, 2.05) is 6.92 Å². The average Bonchev–Trinajstić information content (AvgIpc) is 2.63. The fraction of sp³-hybridized carbons (Fsp3) is 0.263. The van der Waals surface area contributed by atoms with Crippen LogP contribution < -0.4 is 0 Å². The summed E-state index contributed by atoms with van der Waals surface area (Å²) in [5, 5.41) is 0. The van der Waals surface area contributed by atoms with Gasteiger partial charge in [-0.15, -0.1) is 0 Å². The number of hydrogen-bond acceptors (Lipinski definition) is 4. The van der Waals surface area contributed by atoms with Crippen LogP contribution in [0.3, 0.4) is 0 Å². The lowest BCUT2D eigenvalue weighted by atomic mass is 10.1. The lowest BCUT2D eigenvalue weighted by molar-refractivity contribution is 0.0462. The third-order valence-electron chi connectivity index (χ3n) is 3.54. The third kappa shape index (κ3) is 5.08. The number of rotatable bonds is 7. The fourth-order valence-electron chi connectivity index (χ4n) is 2.04. The third-order valence-corrected chi connectivity index (χ3v) is 3.54. The normalized spacial score (nSPS) is 10.5. The molecule has 0 N–H and O–H groups in total. The van der Waals surface area contributed by atoms with Crippen molar-refractivity contribution in [2.24, 2.45) is 0 Å². The molecule has 7 heteroatoms. The Kier molecular flexibility index (Phi) is 6.77. The predicted octanol–water partition coefficient (Wildman–Crippen LogP) is 4.42. The van der Waals surface area contributed by atoms with Crippen molar-refractivity contribution in [1.82, 2.24) is 0 Å². The van der Waals surface area contributed by atoms with E-state index in [9.17, 15) is 22.8 Å². The number of carbonyl (C=O) groups is 2. The van der Waals surface area contributed by atoms with Gasteiger partial charge in [0.25, 0.3) is 0 Å². The Labute approximate surface area is 148 Å². The van der Waals surface area contributed by atoms with Crippen LogP contribution >= 0.6 is 0 Å². The standard InChI is InChI=1S/C19H17F3O4/c1-2-3-8-25-18(23)12-4-6-13(7-5-12)19(24)26-11-14-9-16(21)17(22)10-15(14)20/h4-7,9-10H,2-3,8,11H2,1H3. The molecule has 0 saturated carbocycles. The van der Waals surface area contributed by atoms with Crippen LogP contribution in [0.5, 0.6) is 0 Å². The first-order valence-electron chi connectivity index (χ1n) is 8.00. The molecule has 0 heterocycles. The molecule has 0 aromatic heterocycles. The number of ether oxygens (including phenoxy) is 2. The zero-order chi connectivity index (χ0) is 19.1. The van der Waals surface area contributed by atoms with Crippen molar-refractivity contribution in [1.29, 1.82) is 0 Å². The highest BCUT2D eigenvalue weighted by Crippen LogP contribution is 2.16. The Bertz CT molecular complexity index is 788. The fourth-order valence-corrected chi connectivity index (χ4v) is 2.04. The van der Waals surface area contributed by atoms with Gasteiger partial charge in [-0.1, -0.05) is 13.3 Å². The summed E-state index contributed by atoms with van der Waals surface area (Å²) in [5.41, 5.74) is 0.121. The summed E-state index contributed by atoms with van der Waals surface area (Å²) >= 11 is 0. The van der Waals surface area contributed by atoms with Crippen LogP contribution in [0.15, 0.2) is 36.4 Å². The average molecular weight is 366 g/mol. The largest absolute Gasteiger partial charge is 0.462 e. The Hall–Kier alpha value is -2.83. The number of hydrogen-bond donors (Lipinski definition) is 0. The van der Waals surface area contributed by atoms with E-state index in [1.54, 1.807) is 0 Å². The van der Waals surface area contributed by atoms with E-state index in [0.29, 0.717) is 18.7 Å². The molecule has 0 amide bonds. The molecule has 2 rings (SSSR count). The van der Waals surface area contributed by atoms with E-state index in [-0.39, 0.29) is 16.7 Å². The zero-order valence-electron chi connectivity index (χ0n) is 14.1. The summed E-state index contributed by atoms with van der Waals surface area (Å²) in [4.78, 5) is 23.7. The van der Waals surface area contributed by atoms with Gasteiger partial charge in [-0.05, 0) is 36.8 Å². The first-order chi connectivity index (χ1) is 12.4. The number of esters is 2. The quantitative estimate of drug-likeness (QED) is 0.414. The Morgan fingerprint density at radius 2 is 1.38 bits per heavy atom. The molecule has 0 fully saturated rings. The number of halogens is 3. The first kappa shape index (κ1) is 19.5. The minimum absolute atomic E-state index is 0.123. The topological polar surface area (TPSA) is 52.6 Å². The summed E-state index contributed by atoms with van der Waals surface area (Å²) in [6.45, 7) is 1.74. The van der Waals surface area contributed by atoms with E-state index >= 15 is 0 Å². The van der Waals surface area contributed by atoms with Crippen molar-refractivity contribution >= 4 is 11.9 Å². The number of carbonyl (C=O) groups excluding carboxylic acids is 2. The molecular weight excluding hydrogens is 349 g/mol. The van der Waals surface area contributed by atoms with Crippen LogP contribution in [-0.2, 0) is 16.1 Å². The smallest absolute Gasteiger partial charge is 0.338 e. The second-order valence-corrected chi connectivity index (χ2v) is 5.50. The molecule has 4 nitrogen and oxygen atoms in total. The highest BCUT2D eigenvalue weighted by Gasteiger charge is 2.14. The molecular formula is C19H17F3O4. The van der Waals surface area contributed by atoms with E-state index in [0.717, 1.165) is 12.8 Å². The molecule has 0 unspecified atom stereocenters. The van der Waals surface area contributed by atoms with Crippen LogP contribution in [0.2, 0.25) is 0 Å². The molecule has 0 aliphatic rings. The molecule has 26 heavy (non-hydrogen) atoms. The van der Waals surface area contributed by atoms with Gasteiger partial charge in [0.05, 0.1) is 17.7 Å². The predicted molar refractivity (Wildman–Crippen MR) is 87.1 cm³/mol. The van der Waals surface area contributed by atoms with Gasteiger partial charge >= 0.3 is 11.9 Å². The van der Waals surface area contributed by atoms with Crippen LogP contribution in [0, 0.1) is 17.5 Å². The summed E-state index contributed by atoms with van der Waals surface area (Å²) < 4.78 is 49.4. The molecule has 0 aliphatic carbocycles. The van der Waals surface area contributed by atoms with Gasteiger partial charge in [0.2, 0.25) is 0 Å². The van der Waals surface area contributed by atoms with E-state index in [2.05, 4.69) is 0 Å². The van der Waals surface area contributed by atoms with Gasteiger partial charge in [-0.2, -0.15) is 0 Å². The van der Waals surface area contributed by atoms with Crippen molar-refractivity contribution in [2.45, 2.75) is 26.4 Å². The Balaban J connectivity index is 1.96. The van der Waals surface area contributed by atoms with Gasteiger partial charge in [0.15, 0.2) is 11.6 Å². The number of unbranched alkanes of at least 4 members (excludes halogenated alkanes) is 1. The monoisotopic (exact) mass is 366 g/mol. The van der Waals surface area contributed by atoms with Crippen LogP contribution in [0.4, 0.5) is 13.2 Å². The van der Waals surface area contributed by atoms with Crippen molar-refractivity contribution in [2.75, 3.05) is 6.61 Å². The molecule has 0 spiro atoms. The van der Waals surface area contributed by atoms with Gasteiger partial charge in [0, 0.05) is 11.6 Å². The van der Waals surface area contributed by atoms with Crippen LogP contribution in [-0.4, -0.2) is 18.5 Å². The Morgan fingerprint density at radius 1 is 0.846 bits per heavy atom. The lowest BCUT2D eigenvalue weighted by Gasteiger charge is -2.08. The maximum absolute atomic E-state index is 13.5. The SMILES string of the molecule is CCCCOC(=O)c1ccc(C(=O)OCc2cc(F)c(F)cc2F)cc1. The van der Waals surface area contributed by atoms with Crippen molar-refractivity contribution in [3.63, 3.8) is 0 Å². The molecule has 2 aromatic carbocycles. The van der Waals surface area contributed by atoms with Gasteiger partial charge in [-0.3, -0.25) is 0 Å². The molecule has 0 aliphatic heterocycles. The molecule has 0 bridgehead atoms. The van der Waals surface area contributed by atoms with Crippen molar-refractivity contribution in [3.05, 3.63) is 70.5 Å². The van der Waals surface area contributed by atoms with Crippen molar-refractivity contribution in [3.8, 4) is 0 Å². The van der Waals surface area contributed by atoms with E-state index in [1.165, 1.54) is 24.3 Å².